The average Bonchev–Trinajstić information content (AvgIpc) is 2.71. The predicted octanol–water partition coefficient (Wildman–Crippen LogP) is 4.90. The summed E-state index contributed by atoms with van der Waals surface area (Å²) in [5, 5.41) is 10.7. The van der Waals surface area contributed by atoms with E-state index in [1.54, 1.807) is 0 Å². The van der Waals surface area contributed by atoms with Crippen LogP contribution in [0.5, 0.6) is 0 Å². The summed E-state index contributed by atoms with van der Waals surface area (Å²) in [6.07, 6.45) is 4.82. The fourth-order valence-corrected chi connectivity index (χ4v) is 8.32. The number of carboxylic acids is 1. The summed E-state index contributed by atoms with van der Waals surface area (Å²) in [6, 6.07) is 20.4. The number of carbonyl (C=O) groups is 2. The lowest BCUT2D eigenvalue weighted by atomic mass is 10.1. The van der Waals surface area contributed by atoms with E-state index in [9.17, 15) is 9.59 Å². The van der Waals surface area contributed by atoms with Gasteiger partial charge in [0.25, 0.3) is 5.97 Å². The molecule has 2 rings (SSSR count). The van der Waals surface area contributed by atoms with E-state index in [1.807, 2.05) is 36.4 Å². The fraction of sp³-hybridized carbons (Fsp3) is 0.440. The number of hydrogen-bond acceptors (Lipinski definition) is 3. The lowest BCUT2D eigenvalue weighted by molar-refractivity contribution is -0.137. The Balaban J connectivity index is 2.13. The zero-order valence-corrected chi connectivity index (χ0v) is 19.4. The van der Waals surface area contributed by atoms with Gasteiger partial charge in [-0.3, -0.25) is 9.59 Å². The lowest BCUT2D eigenvalue weighted by Gasteiger charge is -2.42. The molecule has 30 heavy (non-hydrogen) atoms. The molecular weight excluding hydrogens is 392 g/mol. The van der Waals surface area contributed by atoms with Gasteiger partial charge < -0.3 is 9.53 Å². The summed E-state index contributed by atoms with van der Waals surface area (Å²) in [7, 11) is -2.82. The molecule has 0 amide bonds. The Morgan fingerprint density at radius 2 is 1.20 bits per heavy atom. The summed E-state index contributed by atoms with van der Waals surface area (Å²) >= 11 is 0. The number of rotatable bonds is 11. The Morgan fingerprint density at radius 3 is 1.63 bits per heavy atom. The molecule has 0 unspecified atom stereocenters. The second-order valence-electron chi connectivity index (χ2n) is 8.80. The highest BCUT2D eigenvalue weighted by Gasteiger charge is 2.52. The molecule has 0 radical (unpaired) electrons. The summed E-state index contributed by atoms with van der Waals surface area (Å²) < 4.78 is 6.46. The van der Waals surface area contributed by atoms with Crippen LogP contribution in [0.15, 0.2) is 60.7 Å². The molecule has 0 aliphatic heterocycles. The third-order valence-electron chi connectivity index (χ3n) is 5.46. The van der Waals surface area contributed by atoms with E-state index in [1.165, 1.54) is 0 Å². The van der Waals surface area contributed by atoms with Crippen LogP contribution in [0.3, 0.4) is 0 Å². The molecule has 0 aliphatic rings. The molecule has 0 spiro atoms. The second-order valence-corrected chi connectivity index (χ2v) is 13.0. The maximum atomic E-state index is 13.0. The van der Waals surface area contributed by atoms with E-state index >= 15 is 0 Å². The minimum absolute atomic E-state index is 0.144. The van der Waals surface area contributed by atoms with Gasteiger partial charge >= 0.3 is 14.3 Å². The molecule has 4 nitrogen and oxygen atoms in total. The number of carbonyl (C=O) groups excluding carboxylic acids is 1. The first-order valence-electron chi connectivity index (χ1n) is 10.8. The van der Waals surface area contributed by atoms with Crippen LogP contribution in [0.1, 0.15) is 65.7 Å². The first-order valence-corrected chi connectivity index (χ1v) is 12.7. The van der Waals surface area contributed by atoms with Crippen LogP contribution in [0.4, 0.5) is 0 Å². The lowest BCUT2D eigenvalue weighted by Crippen LogP contribution is -2.67. The highest BCUT2D eigenvalue weighted by Crippen LogP contribution is 2.37. The highest BCUT2D eigenvalue weighted by atomic mass is 28.4. The Bertz CT molecular complexity index is 757. The quantitative estimate of drug-likeness (QED) is 0.410. The van der Waals surface area contributed by atoms with Gasteiger partial charge in [-0.25, -0.2) is 0 Å². The Hall–Kier alpha value is -2.40. The molecule has 1 N–H and O–H groups in total. The van der Waals surface area contributed by atoms with Crippen molar-refractivity contribution in [2.24, 2.45) is 0 Å². The van der Waals surface area contributed by atoms with Gasteiger partial charge in [0.05, 0.1) is 0 Å². The molecule has 162 valence electrons. The first-order chi connectivity index (χ1) is 14.3. The van der Waals surface area contributed by atoms with Crippen molar-refractivity contribution >= 4 is 30.6 Å². The first kappa shape index (κ1) is 23.9. The van der Waals surface area contributed by atoms with Crippen LogP contribution < -0.4 is 10.4 Å². The zero-order valence-electron chi connectivity index (χ0n) is 18.4. The Labute approximate surface area is 181 Å². The third kappa shape index (κ3) is 6.30. The molecule has 2 aromatic rings. The molecule has 5 heteroatoms. The topological polar surface area (TPSA) is 63.6 Å². The fourth-order valence-electron chi connectivity index (χ4n) is 3.95. The van der Waals surface area contributed by atoms with Crippen LogP contribution >= 0.6 is 0 Å². The summed E-state index contributed by atoms with van der Waals surface area (Å²) in [6.45, 7) is 6.48. The zero-order chi connectivity index (χ0) is 22.0. The van der Waals surface area contributed by atoms with Gasteiger partial charge in [0.15, 0.2) is 0 Å². The van der Waals surface area contributed by atoms with Crippen LogP contribution in [0.25, 0.3) is 0 Å². The maximum Gasteiger partial charge on any atom is 0.323 e. The molecule has 0 bridgehead atoms. The van der Waals surface area contributed by atoms with E-state index in [2.05, 4.69) is 45.0 Å². The SMILES string of the molecule is CC(C)(C)[Si](OC(=O)CCCCCCCC(=O)O)(c1ccccc1)c1ccccc1. The van der Waals surface area contributed by atoms with Gasteiger partial charge in [0, 0.05) is 12.8 Å². The average molecular weight is 427 g/mol. The normalized spacial score (nSPS) is 11.8. The second kappa shape index (κ2) is 11.1. The van der Waals surface area contributed by atoms with Crippen molar-refractivity contribution in [1.82, 2.24) is 0 Å². The number of unbranched alkanes of at least 4 members (excludes halogenated alkanes) is 4. The van der Waals surface area contributed by atoms with Crippen LogP contribution in [-0.2, 0) is 14.0 Å². The Morgan fingerprint density at radius 1 is 0.767 bits per heavy atom. The van der Waals surface area contributed by atoms with Gasteiger partial charge in [0.1, 0.15) is 0 Å². The third-order valence-corrected chi connectivity index (χ3v) is 10.4. The van der Waals surface area contributed by atoms with Crippen molar-refractivity contribution in [3.63, 3.8) is 0 Å². The van der Waals surface area contributed by atoms with E-state index in [4.69, 9.17) is 9.53 Å². The van der Waals surface area contributed by atoms with Crippen molar-refractivity contribution in [2.45, 2.75) is 70.8 Å². The van der Waals surface area contributed by atoms with E-state index in [-0.39, 0.29) is 17.4 Å². The monoisotopic (exact) mass is 426 g/mol. The smallest absolute Gasteiger partial charge is 0.323 e. The van der Waals surface area contributed by atoms with Crippen LogP contribution in [0.2, 0.25) is 5.04 Å². The van der Waals surface area contributed by atoms with Crippen molar-refractivity contribution in [2.75, 3.05) is 0 Å². The molecule has 2 aromatic carbocycles. The maximum absolute atomic E-state index is 13.0. The largest absolute Gasteiger partial charge is 0.510 e. The standard InChI is InChI=1S/C25H34O4Si/c1-25(2,3)30(21-15-9-7-10-16-21,22-17-11-8-12-18-22)29-24(28)20-14-6-4-5-13-19-23(26)27/h7-12,15-18H,4-6,13-14,19-20H2,1-3H3,(H,26,27). The van der Waals surface area contributed by atoms with Gasteiger partial charge in [-0.2, -0.15) is 0 Å². The minimum Gasteiger partial charge on any atom is -0.510 e. The summed E-state index contributed by atoms with van der Waals surface area (Å²) in [4.78, 5) is 23.5. The molecule has 0 atom stereocenters. The molecule has 0 fully saturated rings. The van der Waals surface area contributed by atoms with E-state index in [0.717, 1.165) is 36.1 Å². The van der Waals surface area contributed by atoms with Crippen molar-refractivity contribution in [1.29, 1.82) is 0 Å². The number of benzene rings is 2. The van der Waals surface area contributed by atoms with Gasteiger partial charge in [0.2, 0.25) is 0 Å². The molecule has 0 aromatic heterocycles. The van der Waals surface area contributed by atoms with Crippen LogP contribution in [-0.4, -0.2) is 25.4 Å². The summed E-state index contributed by atoms with van der Waals surface area (Å²) in [5.74, 6) is -0.890. The van der Waals surface area contributed by atoms with Gasteiger partial charge in [-0.1, -0.05) is 101 Å². The highest BCUT2D eigenvalue weighted by molar-refractivity contribution is 7.00. The molecule has 0 saturated carbocycles. The minimum atomic E-state index is -2.82. The number of carboxylic acid groups (broad SMARTS) is 1. The van der Waals surface area contributed by atoms with Crippen molar-refractivity contribution in [3.8, 4) is 0 Å². The molecule has 0 aliphatic carbocycles. The molecular formula is C25H34O4Si. The van der Waals surface area contributed by atoms with Gasteiger partial charge in [-0.05, 0) is 28.3 Å². The Kier molecular flexibility index (Phi) is 8.84. The van der Waals surface area contributed by atoms with E-state index in [0.29, 0.717) is 12.8 Å². The van der Waals surface area contributed by atoms with Crippen molar-refractivity contribution in [3.05, 3.63) is 60.7 Å². The number of aliphatic carboxylic acids is 1. The molecule has 0 saturated heterocycles. The summed E-state index contributed by atoms with van der Waals surface area (Å²) in [5.41, 5.74) is 0. The predicted molar refractivity (Wildman–Crippen MR) is 124 cm³/mol. The van der Waals surface area contributed by atoms with Crippen molar-refractivity contribution < 1.29 is 19.1 Å². The number of hydrogen-bond donors (Lipinski definition) is 1. The molecule has 0 heterocycles. The van der Waals surface area contributed by atoms with Crippen LogP contribution in [0, 0.1) is 0 Å². The van der Waals surface area contributed by atoms with E-state index < -0.39 is 14.3 Å². The van der Waals surface area contributed by atoms with Gasteiger partial charge in [-0.15, -0.1) is 0 Å².